The van der Waals surface area contributed by atoms with Crippen LogP contribution in [0.5, 0.6) is 0 Å². The van der Waals surface area contributed by atoms with Crippen LogP contribution in [0.25, 0.3) is 0 Å². The first-order chi connectivity index (χ1) is 12.8. The van der Waals surface area contributed by atoms with Crippen LogP contribution in [-0.2, 0) is 17.8 Å². The minimum Gasteiger partial charge on any atom is -0.340 e. The molecule has 142 valence electrons. The van der Waals surface area contributed by atoms with Crippen molar-refractivity contribution in [1.82, 2.24) is 15.2 Å². The number of nitrogens with one attached hydrogen (secondary N) is 1. The number of hydrogen-bond acceptors (Lipinski definition) is 5. The average Bonchev–Trinajstić information content (AvgIpc) is 3.29. The van der Waals surface area contributed by atoms with E-state index >= 15 is 0 Å². The van der Waals surface area contributed by atoms with Crippen LogP contribution in [0.3, 0.4) is 0 Å². The molecule has 0 spiro atoms. The van der Waals surface area contributed by atoms with Gasteiger partial charge in [0.05, 0.1) is 12.2 Å². The van der Waals surface area contributed by atoms with Crippen molar-refractivity contribution in [2.45, 2.75) is 76.4 Å². The summed E-state index contributed by atoms with van der Waals surface area (Å²) in [7, 11) is 0. The molecule has 1 aliphatic carbocycles. The van der Waals surface area contributed by atoms with Gasteiger partial charge >= 0.3 is 0 Å². The maximum Gasteiger partial charge on any atom is 0.223 e. The summed E-state index contributed by atoms with van der Waals surface area (Å²) in [4.78, 5) is 23.8. The van der Waals surface area contributed by atoms with E-state index in [1.54, 1.807) is 0 Å². The zero-order valence-electron chi connectivity index (χ0n) is 15.6. The highest BCUT2D eigenvalue weighted by molar-refractivity contribution is 7.15. The fourth-order valence-corrected chi connectivity index (χ4v) is 6.66. The number of thiazole rings is 1. The quantitative estimate of drug-likeness (QED) is 0.884. The molecular weight excluding hydrogens is 344 g/mol. The van der Waals surface area contributed by atoms with Crippen LogP contribution in [0, 0.1) is 5.92 Å². The number of rotatable bonds is 3. The molecule has 4 heterocycles. The molecule has 1 amide bonds. The predicted molar refractivity (Wildman–Crippen MR) is 105 cm³/mol. The van der Waals surface area contributed by atoms with E-state index in [9.17, 15) is 4.79 Å². The van der Waals surface area contributed by atoms with Crippen LogP contribution in [0.2, 0.25) is 0 Å². The van der Waals surface area contributed by atoms with Crippen LogP contribution in [0.4, 0.5) is 5.13 Å². The number of piperidine rings is 1. The number of fused-ring (bicyclic) bond motifs is 3. The van der Waals surface area contributed by atoms with Crippen molar-refractivity contribution in [2.75, 3.05) is 24.5 Å². The van der Waals surface area contributed by atoms with Crippen LogP contribution in [0.1, 0.15) is 61.9 Å². The van der Waals surface area contributed by atoms with Crippen molar-refractivity contribution in [3.63, 3.8) is 0 Å². The molecule has 0 aromatic carbocycles. The number of carbonyl (C=O) groups is 1. The first-order valence-corrected chi connectivity index (χ1v) is 11.3. The number of anilines is 1. The van der Waals surface area contributed by atoms with Crippen LogP contribution in [0.15, 0.2) is 0 Å². The SMILES string of the molecule is O=C(CC1CCCC1)N1CCc2nc(N3C4CCCC3CNC4)sc2C1. The monoisotopic (exact) mass is 374 g/mol. The smallest absolute Gasteiger partial charge is 0.223 e. The number of carbonyl (C=O) groups excluding carboxylic acids is 1. The van der Waals surface area contributed by atoms with Crippen molar-refractivity contribution >= 4 is 22.4 Å². The highest BCUT2D eigenvalue weighted by Crippen LogP contribution is 2.37. The molecule has 26 heavy (non-hydrogen) atoms. The summed E-state index contributed by atoms with van der Waals surface area (Å²) in [6.07, 6.45) is 10.7. The number of aromatic nitrogens is 1. The lowest BCUT2D eigenvalue weighted by Crippen LogP contribution is -2.59. The third-order valence-corrected chi connectivity index (χ3v) is 7.95. The van der Waals surface area contributed by atoms with Crippen molar-refractivity contribution in [3.05, 3.63) is 10.6 Å². The van der Waals surface area contributed by atoms with Crippen molar-refractivity contribution in [1.29, 1.82) is 0 Å². The largest absolute Gasteiger partial charge is 0.340 e. The molecule has 6 heteroatoms. The van der Waals surface area contributed by atoms with Gasteiger partial charge in [-0.25, -0.2) is 4.98 Å². The normalized spacial score (nSPS) is 29.1. The standard InChI is InChI=1S/C20H30N4OS/c25-19(10-14-4-1-2-5-14)23-9-8-17-18(13-23)26-20(22-17)24-15-6-3-7-16(24)12-21-11-15/h14-16,21H,1-13H2. The van der Waals surface area contributed by atoms with Gasteiger partial charge in [0.2, 0.25) is 5.91 Å². The lowest BCUT2D eigenvalue weighted by Gasteiger charge is -2.46. The molecule has 5 rings (SSSR count). The Labute approximate surface area is 160 Å². The molecule has 4 aliphatic rings. The molecule has 3 aliphatic heterocycles. The highest BCUT2D eigenvalue weighted by atomic mass is 32.1. The molecule has 1 saturated carbocycles. The zero-order chi connectivity index (χ0) is 17.5. The van der Waals surface area contributed by atoms with Crippen molar-refractivity contribution < 1.29 is 4.79 Å². The maximum atomic E-state index is 12.7. The van der Waals surface area contributed by atoms with Gasteiger partial charge in [0.15, 0.2) is 5.13 Å². The van der Waals surface area contributed by atoms with Gasteiger partial charge in [0, 0.05) is 49.4 Å². The first-order valence-electron chi connectivity index (χ1n) is 10.5. The summed E-state index contributed by atoms with van der Waals surface area (Å²) in [6, 6.07) is 1.21. The van der Waals surface area contributed by atoms with E-state index in [0.29, 0.717) is 23.9 Å². The van der Waals surface area contributed by atoms with E-state index in [1.165, 1.54) is 60.6 Å². The summed E-state index contributed by atoms with van der Waals surface area (Å²) in [5.74, 6) is 1.01. The molecule has 1 N–H and O–H groups in total. The van der Waals surface area contributed by atoms with Crippen LogP contribution in [-0.4, -0.2) is 47.5 Å². The predicted octanol–water partition coefficient (Wildman–Crippen LogP) is 2.94. The fourth-order valence-electron chi connectivity index (χ4n) is 5.39. The molecule has 2 unspecified atom stereocenters. The summed E-state index contributed by atoms with van der Waals surface area (Å²) >= 11 is 1.86. The first kappa shape index (κ1) is 17.0. The van der Waals surface area contributed by atoms with Crippen molar-refractivity contribution in [2.24, 2.45) is 5.92 Å². The Morgan fingerprint density at radius 2 is 1.88 bits per heavy atom. The molecule has 1 aromatic heterocycles. The van der Waals surface area contributed by atoms with E-state index in [2.05, 4.69) is 15.1 Å². The maximum absolute atomic E-state index is 12.7. The Balaban J connectivity index is 1.29. The number of nitrogens with zero attached hydrogens (tertiary/aromatic N) is 3. The van der Waals surface area contributed by atoms with E-state index in [1.807, 2.05) is 11.3 Å². The van der Waals surface area contributed by atoms with Crippen LogP contribution < -0.4 is 10.2 Å². The van der Waals surface area contributed by atoms with Crippen molar-refractivity contribution in [3.8, 4) is 0 Å². The topological polar surface area (TPSA) is 48.5 Å². The Morgan fingerprint density at radius 3 is 2.65 bits per heavy atom. The van der Waals surface area contributed by atoms with Gasteiger partial charge in [0.1, 0.15) is 0 Å². The van der Waals surface area contributed by atoms with E-state index < -0.39 is 0 Å². The second-order valence-corrected chi connectivity index (χ2v) is 9.65. The van der Waals surface area contributed by atoms with Gasteiger partial charge in [-0.1, -0.05) is 24.2 Å². The minimum atomic E-state index is 0.372. The zero-order valence-corrected chi connectivity index (χ0v) is 16.4. The second kappa shape index (κ2) is 7.12. The molecular formula is C20H30N4OS. The molecule has 2 atom stereocenters. The van der Waals surface area contributed by atoms with Gasteiger partial charge in [-0.3, -0.25) is 4.79 Å². The Bertz CT molecular complexity index is 647. The molecule has 2 saturated heterocycles. The Morgan fingerprint density at radius 1 is 1.12 bits per heavy atom. The highest BCUT2D eigenvalue weighted by Gasteiger charge is 2.36. The summed E-state index contributed by atoms with van der Waals surface area (Å²) in [6.45, 7) is 3.83. The third-order valence-electron chi connectivity index (χ3n) is 6.85. The Hall–Kier alpha value is -1.14. The summed E-state index contributed by atoms with van der Waals surface area (Å²) in [5, 5.41) is 4.81. The van der Waals surface area contributed by atoms with Gasteiger partial charge in [-0.2, -0.15) is 0 Å². The lowest BCUT2D eigenvalue weighted by molar-refractivity contribution is -0.133. The van der Waals surface area contributed by atoms with Crippen LogP contribution >= 0.6 is 11.3 Å². The average molecular weight is 375 g/mol. The fraction of sp³-hybridized carbons (Fsp3) is 0.800. The van der Waals surface area contributed by atoms with Gasteiger partial charge < -0.3 is 15.1 Å². The van der Waals surface area contributed by atoms with E-state index in [0.717, 1.165) is 39.0 Å². The summed E-state index contributed by atoms with van der Waals surface area (Å²) in [5.41, 5.74) is 1.26. The minimum absolute atomic E-state index is 0.372. The number of hydrogen-bond donors (Lipinski definition) is 1. The van der Waals surface area contributed by atoms with Gasteiger partial charge in [0.25, 0.3) is 0 Å². The molecule has 2 bridgehead atoms. The molecule has 0 radical (unpaired) electrons. The van der Waals surface area contributed by atoms with Gasteiger partial charge in [-0.15, -0.1) is 0 Å². The Kier molecular flexibility index (Phi) is 4.65. The van der Waals surface area contributed by atoms with E-state index in [-0.39, 0.29) is 0 Å². The van der Waals surface area contributed by atoms with E-state index in [4.69, 9.17) is 4.98 Å². The molecule has 3 fully saturated rings. The second-order valence-electron chi connectivity index (χ2n) is 8.59. The molecule has 5 nitrogen and oxygen atoms in total. The number of amides is 1. The molecule has 1 aromatic rings. The number of piperazine rings is 1. The lowest BCUT2D eigenvalue weighted by atomic mass is 9.93. The summed E-state index contributed by atoms with van der Waals surface area (Å²) < 4.78 is 0. The third kappa shape index (κ3) is 3.15. The van der Waals surface area contributed by atoms with Gasteiger partial charge in [-0.05, 0) is 38.0 Å².